The third-order valence-corrected chi connectivity index (χ3v) is 5.89. The van der Waals surface area contributed by atoms with E-state index < -0.39 is 72.5 Å². The van der Waals surface area contributed by atoms with Crippen LogP contribution in [0.25, 0.3) is 0 Å². The number of hydrogen-bond acceptors (Lipinski definition) is 9. The lowest BCUT2D eigenvalue weighted by Crippen LogP contribution is -2.52. The van der Waals surface area contributed by atoms with E-state index in [0.29, 0.717) is 12.1 Å². The molecule has 2 heterocycles. The lowest BCUT2D eigenvalue weighted by Gasteiger charge is -2.29. The monoisotopic (exact) mass is 569 g/mol. The molecule has 1 aliphatic heterocycles. The molecule has 0 radical (unpaired) electrons. The molecule has 1 aromatic carbocycles. The number of carboxylic acids is 2. The van der Waals surface area contributed by atoms with Gasteiger partial charge >= 0.3 is 18.1 Å². The van der Waals surface area contributed by atoms with Crippen LogP contribution in [0.3, 0.4) is 0 Å². The first-order valence-electron chi connectivity index (χ1n) is 10.7. The number of methoxy groups -OCH3 is 1. The zero-order valence-electron chi connectivity index (χ0n) is 19.4. The number of nitrogens with two attached hydrogens (primary N) is 1. The average Bonchev–Trinajstić information content (AvgIpc) is 3.23. The Hall–Kier alpha value is -3.50. The van der Waals surface area contributed by atoms with E-state index in [1.165, 1.54) is 0 Å². The maximum Gasteiger partial charge on any atom is 0.419 e. The molecule has 0 saturated heterocycles. The van der Waals surface area contributed by atoms with Gasteiger partial charge in [-0.05, 0) is 29.3 Å². The Bertz CT molecular complexity index is 1210. The van der Waals surface area contributed by atoms with Crippen LogP contribution in [0.2, 0.25) is 5.28 Å². The van der Waals surface area contributed by atoms with Crippen molar-refractivity contribution in [1.29, 1.82) is 0 Å². The molecule has 0 spiro atoms. The van der Waals surface area contributed by atoms with Crippen LogP contribution in [0.15, 0.2) is 18.2 Å². The first kappa shape index (κ1) is 29.1. The fourth-order valence-corrected chi connectivity index (χ4v) is 3.87. The number of halogens is 6. The molecular weight excluding hydrogens is 549 g/mol. The second kappa shape index (κ2) is 11.1. The Balaban J connectivity index is 1.77. The van der Waals surface area contributed by atoms with Crippen LogP contribution in [0.4, 0.5) is 39.3 Å². The van der Waals surface area contributed by atoms with Gasteiger partial charge in [0, 0.05) is 20.0 Å². The smallest absolute Gasteiger partial charge is 0.419 e. The Morgan fingerprint density at radius 3 is 2.47 bits per heavy atom. The second-order valence-corrected chi connectivity index (χ2v) is 8.48. The topological polar surface area (TPSA) is 160 Å². The summed E-state index contributed by atoms with van der Waals surface area (Å²) in [6.45, 7) is -0.847. The van der Waals surface area contributed by atoms with E-state index >= 15 is 4.39 Å². The minimum Gasteiger partial charge on any atom is -0.479 e. The van der Waals surface area contributed by atoms with Gasteiger partial charge in [-0.3, -0.25) is 0 Å². The zero-order chi connectivity index (χ0) is 28.4. The normalized spacial score (nSPS) is 15.1. The lowest BCUT2D eigenvalue weighted by atomic mass is 9.93. The van der Waals surface area contributed by atoms with Crippen molar-refractivity contribution in [3.8, 4) is 0 Å². The van der Waals surface area contributed by atoms with Gasteiger partial charge in [0.25, 0.3) is 5.60 Å². The number of nitrogens with zero attached hydrogens (tertiary/aromatic N) is 3. The van der Waals surface area contributed by atoms with Gasteiger partial charge in [0.1, 0.15) is 11.5 Å². The van der Waals surface area contributed by atoms with Crippen LogP contribution in [0, 0.1) is 5.82 Å². The summed E-state index contributed by atoms with van der Waals surface area (Å²) >= 11 is 5.78. The number of aromatic nitrogens is 2. The number of aliphatic carboxylic acids is 2. The molecule has 0 amide bonds. The molecule has 5 N–H and O–H groups in total. The molecule has 0 aliphatic carbocycles. The molecule has 1 aliphatic rings. The van der Waals surface area contributed by atoms with E-state index in [0.717, 1.165) is 18.1 Å². The summed E-state index contributed by atoms with van der Waals surface area (Å²) in [4.78, 5) is 32.7. The van der Waals surface area contributed by atoms with Crippen molar-refractivity contribution >= 4 is 40.9 Å². The highest BCUT2D eigenvalue weighted by Gasteiger charge is 2.49. The summed E-state index contributed by atoms with van der Waals surface area (Å²) in [5, 5.41) is 21.9. The van der Waals surface area contributed by atoms with E-state index in [2.05, 4.69) is 15.3 Å². The van der Waals surface area contributed by atoms with Gasteiger partial charge in [-0.1, -0.05) is 6.07 Å². The maximum absolute atomic E-state index is 15.2. The van der Waals surface area contributed by atoms with Crippen LogP contribution in [0.5, 0.6) is 0 Å². The molecule has 2 atom stereocenters. The van der Waals surface area contributed by atoms with Gasteiger partial charge in [0.2, 0.25) is 5.28 Å². The molecule has 38 heavy (non-hydrogen) atoms. The molecule has 0 fully saturated rings. The minimum atomic E-state index is -5.02. The van der Waals surface area contributed by atoms with Crippen LogP contribution in [-0.4, -0.2) is 70.5 Å². The number of ether oxygens (including phenoxy) is 2. The Morgan fingerprint density at radius 1 is 1.26 bits per heavy atom. The fourth-order valence-electron chi connectivity index (χ4n) is 3.70. The predicted molar refractivity (Wildman–Crippen MR) is 122 cm³/mol. The molecule has 11 nitrogen and oxygen atoms in total. The van der Waals surface area contributed by atoms with Crippen molar-refractivity contribution in [3.05, 3.63) is 40.4 Å². The van der Waals surface area contributed by atoms with Crippen molar-refractivity contribution in [2.24, 2.45) is 0 Å². The Labute approximate surface area is 216 Å². The Morgan fingerprint density at radius 2 is 1.92 bits per heavy atom. The SMILES string of the molecule is COC(COC(Cc1ccc(C(F)(F)F)c(F)c1)(C(=O)O)C(=O)O)CC(F)N1CNc2c(N)nc(Cl)nc21. The number of alkyl halides is 4. The molecule has 0 saturated carbocycles. The maximum atomic E-state index is 15.2. The third-order valence-electron chi connectivity index (χ3n) is 5.72. The van der Waals surface area contributed by atoms with Crippen LogP contribution in [0.1, 0.15) is 17.5 Å². The third kappa shape index (κ3) is 5.97. The minimum absolute atomic E-state index is 0.0197. The molecule has 208 valence electrons. The van der Waals surface area contributed by atoms with Crippen LogP contribution >= 0.6 is 11.6 Å². The summed E-state index contributed by atoms with van der Waals surface area (Å²) < 4.78 is 78.0. The summed E-state index contributed by atoms with van der Waals surface area (Å²) in [6, 6.07) is 1.46. The largest absolute Gasteiger partial charge is 0.479 e. The van der Waals surface area contributed by atoms with Gasteiger partial charge in [0.15, 0.2) is 17.9 Å². The summed E-state index contributed by atoms with van der Waals surface area (Å²) in [5.74, 6) is -5.72. The highest BCUT2D eigenvalue weighted by molar-refractivity contribution is 6.28. The van der Waals surface area contributed by atoms with Crippen molar-refractivity contribution < 1.29 is 51.2 Å². The van der Waals surface area contributed by atoms with Crippen molar-refractivity contribution in [3.63, 3.8) is 0 Å². The standard InChI is InChI=1S/C21H21ClF5N5O6/c1-37-10(5-13(24)32-8-29-14-15(28)30-19(22)31-16(14)32)7-38-20(17(33)34,18(35)36)6-9-2-3-11(12(23)4-9)21(25,26)27/h2-4,10,13,29H,5-8H2,1H3,(H,33,34)(H,35,36)(H2,28,30,31). The van der Waals surface area contributed by atoms with Gasteiger partial charge in [-0.2, -0.15) is 23.1 Å². The Kier molecular flexibility index (Phi) is 8.48. The first-order valence-corrected chi connectivity index (χ1v) is 11.0. The van der Waals surface area contributed by atoms with Gasteiger partial charge in [0.05, 0.1) is 24.9 Å². The van der Waals surface area contributed by atoms with Crippen LogP contribution in [-0.2, 0) is 31.7 Å². The lowest BCUT2D eigenvalue weighted by molar-refractivity contribution is -0.187. The number of hydrogen-bond donors (Lipinski definition) is 4. The van der Waals surface area contributed by atoms with E-state index in [1.807, 2.05) is 0 Å². The molecular formula is C21H21ClF5N5O6. The van der Waals surface area contributed by atoms with E-state index in [9.17, 15) is 37.4 Å². The van der Waals surface area contributed by atoms with Crippen molar-refractivity contribution in [2.75, 3.05) is 36.3 Å². The fraction of sp³-hybridized carbons (Fsp3) is 0.429. The number of rotatable bonds is 11. The first-order chi connectivity index (χ1) is 17.7. The highest BCUT2D eigenvalue weighted by atomic mass is 35.5. The molecule has 0 bridgehead atoms. The molecule has 2 aromatic rings. The zero-order valence-corrected chi connectivity index (χ0v) is 20.2. The second-order valence-electron chi connectivity index (χ2n) is 8.15. The number of carboxylic acid groups (broad SMARTS) is 2. The summed E-state index contributed by atoms with van der Waals surface area (Å²) in [6.07, 6.45) is -9.55. The number of benzene rings is 1. The van der Waals surface area contributed by atoms with Gasteiger partial charge in [-0.15, -0.1) is 0 Å². The van der Waals surface area contributed by atoms with E-state index in [-0.39, 0.29) is 29.3 Å². The summed E-state index contributed by atoms with van der Waals surface area (Å²) in [7, 11) is 1.14. The quantitative estimate of drug-likeness (QED) is 0.136. The number of anilines is 3. The molecule has 17 heteroatoms. The van der Waals surface area contributed by atoms with Crippen LogP contribution < -0.4 is 16.0 Å². The molecule has 2 unspecified atom stereocenters. The number of carbonyl (C=O) groups is 2. The van der Waals surface area contributed by atoms with Gasteiger partial charge in [-0.25, -0.2) is 18.4 Å². The average molecular weight is 570 g/mol. The molecule has 3 rings (SSSR count). The highest BCUT2D eigenvalue weighted by Crippen LogP contribution is 2.37. The number of nitrogen functional groups attached to an aromatic ring is 1. The summed E-state index contributed by atoms with van der Waals surface area (Å²) in [5.41, 5.74) is 0.913. The van der Waals surface area contributed by atoms with Gasteiger partial charge < -0.3 is 35.6 Å². The molecule has 1 aromatic heterocycles. The predicted octanol–water partition coefficient (Wildman–Crippen LogP) is 2.93. The number of nitrogens with one attached hydrogen (secondary N) is 1. The van der Waals surface area contributed by atoms with Crippen molar-refractivity contribution in [1.82, 2.24) is 9.97 Å². The number of fused-ring (bicyclic) bond motifs is 1. The van der Waals surface area contributed by atoms with Crippen molar-refractivity contribution in [2.45, 2.75) is 37.0 Å². The van der Waals surface area contributed by atoms with E-state index in [4.69, 9.17) is 26.8 Å². The van der Waals surface area contributed by atoms with E-state index in [1.54, 1.807) is 0 Å².